The molecule has 7 heteroatoms. The van der Waals surface area contributed by atoms with Crippen LogP contribution in [0.1, 0.15) is 22.6 Å². The van der Waals surface area contributed by atoms with Crippen LogP contribution >= 0.6 is 15.9 Å². The van der Waals surface area contributed by atoms with Crippen LogP contribution in [0.4, 0.5) is 0 Å². The lowest BCUT2D eigenvalue weighted by molar-refractivity contribution is -0.121. The summed E-state index contributed by atoms with van der Waals surface area (Å²) in [6, 6.07) is 13.4. The van der Waals surface area contributed by atoms with Crippen molar-refractivity contribution >= 4 is 31.9 Å². The molecule has 0 saturated carbocycles. The Morgan fingerprint density at radius 2 is 2.00 bits per heavy atom. The van der Waals surface area contributed by atoms with Gasteiger partial charge in [0.05, 0.1) is 22.4 Å². The summed E-state index contributed by atoms with van der Waals surface area (Å²) in [5.74, 6) is -1.01. The standard InChI is InChI=1S/C16H11BrN2O3S/c17-12-5-10(9-18)6-13(8-12)23(21,22)19-16(20)15-7-11-3-1-2-4-14(11)15/h1-6,8,15H,7H2,(H,19,20). The SMILES string of the molecule is N#Cc1cc(Br)cc(S(=O)(=O)NC(=O)C2Cc3ccccc32)c1. The highest BCUT2D eigenvalue weighted by Gasteiger charge is 2.34. The molecule has 0 heterocycles. The minimum absolute atomic E-state index is 0.121. The second kappa shape index (κ2) is 5.80. The largest absolute Gasteiger partial charge is 0.273 e. The van der Waals surface area contributed by atoms with E-state index in [9.17, 15) is 13.2 Å². The maximum Gasteiger partial charge on any atom is 0.264 e. The molecular formula is C16H11BrN2O3S. The van der Waals surface area contributed by atoms with E-state index < -0.39 is 21.8 Å². The number of rotatable bonds is 3. The molecule has 0 spiro atoms. The number of benzene rings is 2. The summed E-state index contributed by atoms with van der Waals surface area (Å²) < 4.78 is 27.3. The van der Waals surface area contributed by atoms with Gasteiger partial charge in [-0.1, -0.05) is 40.2 Å². The van der Waals surface area contributed by atoms with Gasteiger partial charge in [-0.05, 0) is 35.7 Å². The summed E-state index contributed by atoms with van der Waals surface area (Å²) in [7, 11) is -4.02. The number of nitriles is 1. The fourth-order valence-corrected chi connectivity index (χ4v) is 4.27. The van der Waals surface area contributed by atoms with Crippen molar-refractivity contribution in [3.63, 3.8) is 0 Å². The lowest BCUT2D eigenvalue weighted by atomic mass is 9.77. The maximum absolute atomic E-state index is 12.4. The Labute approximate surface area is 142 Å². The Balaban J connectivity index is 1.84. The molecular weight excluding hydrogens is 380 g/mol. The average Bonchev–Trinajstić information content (AvgIpc) is 2.47. The van der Waals surface area contributed by atoms with Crippen LogP contribution in [-0.4, -0.2) is 14.3 Å². The quantitative estimate of drug-likeness (QED) is 0.871. The third kappa shape index (κ3) is 3.00. The summed E-state index contributed by atoms with van der Waals surface area (Å²) in [4.78, 5) is 12.1. The van der Waals surface area contributed by atoms with Gasteiger partial charge in [0.2, 0.25) is 5.91 Å². The maximum atomic E-state index is 12.4. The van der Waals surface area contributed by atoms with Crippen LogP contribution < -0.4 is 4.72 Å². The summed E-state index contributed by atoms with van der Waals surface area (Å²) in [5, 5.41) is 8.93. The number of sulfonamides is 1. The zero-order valence-electron chi connectivity index (χ0n) is 11.8. The number of carbonyl (C=O) groups excluding carboxylic acids is 1. The first-order chi connectivity index (χ1) is 10.9. The van der Waals surface area contributed by atoms with Crippen molar-refractivity contribution in [2.45, 2.75) is 17.2 Å². The highest BCUT2D eigenvalue weighted by Crippen LogP contribution is 2.35. The predicted octanol–water partition coefficient (Wildman–Crippen LogP) is 2.47. The van der Waals surface area contributed by atoms with Gasteiger partial charge in [-0.3, -0.25) is 4.79 Å². The number of hydrogen-bond donors (Lipinski definition) is 1. The van der Waals surface area contributed by atoms with Gasteiger partial charge < -0.3 is 0 Å². The summed E-state index contributed by atoms with van der Waals surface area (Å²) in [5.41, 5.74) is 2.10. The molecule has 1 N–H and O–H groups in total. The molecule has 1 unspecified atom stereocenters. The second-order valence-corrected chi connectivity index (χ2v) is 7.81. The molecule has 0 saturated heterocycles. The van der Waals surface area contributed by atoms with Crippen molar-refractivity contribution in [2.24, 2.45) is 0 Å². The molecule has 1 atom stereocenters. The molecule has 116 valence electrons. The smallest absolute Gasteiger partial charge is 0.264 e. The van der Waals surface area contributed by atoms with Crippen LogP contribution in [0.25, 0.3) is 0 Å². The molecule has 0 fully saturated rings. The zero-order chi connectivity index (χ0) is 16.6. The Hall–Kier alpha value is -2.17. The van der Waals surface area contributed by atoms with E-state index in [1.807, 2.05) is 30.3 Å². The first-order valence-corrected chi connectivity index (χ1v) is 9.03. The van der Waals surface area contributed by atoms with Crippen molar-refractivity contribution in [3.05, 3.63) is 63.6 Å². The van der Waals surface area contributed by atoms with Crippen LogP contribution in [0.3, 0.4) is 0 Å². The number of nitrogens with one attached hydrogen (secondary N) is 1. The topological polar surface area (TPSA) is 87.0 Å². The minimum atomic E-state index is -4.02. The molecule has 1 aliphatic carbocycles. The van der Waals surface area contributed by atoms with E-state index in [4.69, 9.17) is 5.26 Å². The first kappa shape index (κ1) is 15.7. The Bertz CT molecular complexity index is 948. The van der Waals surface area contributed by atoms with Crippen molar-refractivity contribution in [1.29, 1.82) is 5.26 Å². The molecule has 1 aliphatic rings. The molecule has 0 aliphatic heterocycles. The molecule has 0 aromatic heterocycles. The van der Waals surface area contributed by atoms with Crippen LogP contribution in [0.2, 0.25) is 0 Å². The zero-order valence-corrected chi connectivity index (χ0v) is 14.2. The molecule has 23 heavy (non-hydrogen) atoms. The number of nitrogens with zero attached hydrogens (tertiary/aromatic N) is 1. The minimum Gasteiger partial charge on any atom is -0.273 e. The molecule has 2 aromatic rings. The number of carbonyl (C=O) groups is 1. The van der Waals surface area contributed by atoms with E-state index in [1.54, 1.807) is 0 Å². The first-order valence-electron chi connectivity index (χ1n) is 6.76. The lowest BCUT2D eigenvalue weighted by Gasteiger charge is -2.28. The molecule has 0 bridgehead atoms. The third-order valence-corrected chi connectivity index (χ3v) is 5.50. The summed E-state index contributed by atoms with van der Waals surface area (Å²) in [6.45, 7) is 0. The van der Waals surface area contributed by atoms with Gasteiger partial charge in [0.25, 0.3) is 10.0 Å². The van der Waals surface area contributed by atoms with E-state index >= 15 is 0 Å². The number of fused-ring (bicyclic) bond motifs is 1. The Kier molecular flexibility index (Phi) is 3.96. The second-order valence-electron chi connectivity index (χ2n) is 5.21. The lowest BCUT2D eigenvalue weighted by Crippen LogP contribution is -2.38. The van der Waals surface area contributed by atoms with Gasteiger partial charge in [0, 0.05) is 4.47 Å². The van der Waals surface area contributed by atoms with Gasteiger partial charge in [-0.15, -0.1) is 0 Å². The van der Waals surface area contributed by atoms with E-state index in [2.05, 4.69) is 20.7 Å². The Morgan fingerprint density at radius 1 is 1.26 bits per heavy atom. The van der Waals surface area contributed by atoms with Gasteiger partial charge in [-0.25, -0.2) is 13.1 Å². The van der Waals surface area contributed by atoms with Crippen LogP contribution in [-0.2, 0) is 21.2 Å². The van der Waals surface area contributed by atoms with E-state index in [0.29, 0.717) is 10.9 Å². The summed E-state index contributed by atoms with van der Waals surface area (Å²) in [6.07, 6.45) is 0.527. The van der Waals surface area contributed by atoms with Gasteiger partial charge in [0.15, 0.2) is 0 Å². The Morgan fingerprint density at radius 3 is 2.70 bits per heavy atom. The number of halogens is 1. The van der Waals surface area contributed by atoms with E-state index in [0.717, 1.165) is 11.1 Å². The molecule has 3 rings (SSSR count). The molecule has 5 nitrogen and oxygen atoms in total. The monoisotopic (exact) mass is 390 g/mol. The van der Waals surface area contributed by atoms with Crippen molar-refractivity contribution in [2.75, 3.05) is 0 Å². The summed E-state index contributed by atoms with van der Waals surface area (Å²) >= 11 is 3.16. The van der Waals surface area contributed by atoms with Gasteiger partial charge in [-0.2, -0.15) is 5.26 Å². The average molecular weight is 391 g/mol. The molecule has 2 aromatic carbocycles. The van der Waals surface area contributed by atoms with Crippen molar-refractivity contribution in [1.82, 2.24) is 4.72 Å². The fourth-order valence-electron chi connectivity index (χ4n) is 2.54. The number of hydrogen-bond acceptors (Lipinski definition) is 4. The van der Waals surface area contributed by atoms with Crippen molar-refractivity contribution < 1.29 is 13.2 Å². The fraction of sp³-hybridized carbons (Fsp3) is 0.125. The van der Waals surface area contributed by atoms with Crippen LogP contribution in [0.15, 0.2) is 51.8 Å². The highest BCUT2D eigenvalue weighted by atomic mass is 79.9. The van der Waals surface area contributed by atoms with Crippen molar-refractivity contribution in [3.8, 4) is 6.07 Å². The molecule has 1 amide bonds. The van der Waals surface area contributed by atoms with E-state index in [-0.39, 0.29) is 10.5 Å². The van der Waals surface area contributed by atoms with Gasteiger partial charge in [0.1, 0.15) is 0 Å². The highest BCUT2D eigenvalue weighted by molar-refractivity contribution is 9.10. The predicted molar refractivity (Wildman–Crippen MR) is 87.1 cm³/mol. The third-order valence-electron chi connectivity index (χ3n) is 3.72. The molecule has 0 radical (unpaired) electrons. The van der Waals surface area contributed by atoms with Crippen LogP contribution in [0.5, 0.6) is 0 Å². The van der Waals surface area contributed by atoms with Gasteiger partial charge >= 0.3 is 0 Å². The van der Waals surface area contributed by atoms with E-state index in [1.165, 1.54) is 18.2 Å². The normalized spacial score (nSPS) is 15.9. The number of amides is 1. The van der Waals surface area contributed by atoms with Crippen LogP contribution in [0, 0.1) is 11.3 Å².